The molecule has 0 aliphatic rings. The Balaban J connectivity index is 2.32. The van der Waals surface area contributed by atoms with E-state index >= 15 is 0 Å². The molecule has 0 aliphatic carbocycles. The van der Waals surface area contributed by atoms with Gasteiger partial charge in [0.05, 0.1) is 6.20 Å². The van der Waals surface area contributed by atoms with Crippen molar-refractivity contribution in [3.05, 3.63) is 51.9 Å². The number of aryl methyl sites for hydroxylation is 1. The van der Waals surface area contributed by atoms with E-state index in [1.807, 2.05) is 31.2 Å². The summed E-state index contributed by atoms with van der Waals surface area (Å²) in [5.74, 6) is 0.294. The van der Waals surface area contributed by atoms with Crippen LogP contribution in [-0.4, -0.2) is 14.6 Å². The molecule has 0 aliphatic heterocycles. The normalized spacial score (nSPS) is 11.5. The number of fused-ring (bicyclic) bond motifs is 1. The minimum atomic E-state index is 0.294. The Hall–Kier alpha value is -1.58. The third-order valence-electron chi connectivity index (χ3n) is 3.56. The molecule has 0 amide bonds. The highest BCUT2D eigenvalue weighted by molar-refractivity contribution is 6.33. The Bertz CT molecular complexity index is 822. The molecule has 0 N–H and O–H groups in total. The number of hydrogen-bond acceptors (Lipinski definition) is 2. The first-order valence-corrected chi connectivity index (χ1v) is 7.55. The van der Waals surface area contributed by atoms with Gasteiger partial charge in [-0.2, -0.15) is 5.10 Å². The summed E-state index contributed by atoms with van der Waals surface area (Å²) in [6.07, 6.45) is 1.76. The topological polar surface area (TPSA) is 30.2 Å². The number of benzene rings is 1. The lowest BCUT2D eigenvalue weighted by Gasteiger charge is -2.12. The zero-order valence-electron chi connectivity index (χ0n) is 12.1. The zero-order valence-corrected chi connectivity index (χ0v) is 13.6. The van der Waals surface area contributed by atoms with Crippen molar-refractivity contribution in [2.75, 3.05) is 0 Å². The highest BCUT2D eigenvalue weighted by Gasteiger charge is 2.18. The lowest BCUT2D eigenvalue weighted by atomic mass is 10.0. The molecule has 0 unspecified atom stereocenters. The van der Waals surface area contributed by atoms with E-state index in [-0.39, 0.29) is 0 Å². The van der Waals surface area contributed by atoms with Gasteiger partial charge in [0, 0.05) is 27.4 Å². The molecule has 0 saturated carbocycles. The maximum atomic E-state index is 6.51. The Morgan fingerprint density at radius 2 is 1.81 bits per heavy atom. The van der Waals surface area contributed by atoms with E-state index in [1.165, 1.54) is 0 Å². The molecule has 2 aromatic heterocycles. The molecule has 3 rings (SSSR count). The van der Waals surface area contributed by atoms with Gasteiger partial charge in [-0.1, -0.05) is 55.2 Å². The Kier molecular flexibility index (Phi) is 3.64. The summed E-state index contributed by atoms with van der Waals surface area (Å²) < 4.78 is 1.68. The lowest BCUT2D eigenvalue weighted by Crippen LogP contribution is -2.04. The van der Waals surface area contributed by atoms with Gasteiger partial charge in [0.15, 0.2) is 5.65 Å². The summed E-state index contributed by atoms with van der Waals surface area (Å²) in [6, 6.07) is 7.67. The second kappa shape index (κ2) is 5.32. The van der Waals surface area contributed by atoms with Crippen LogP contribution in [0.1, 0.15) is 31.0 Å². The highest BCUT2D eigenvalue weighted by Crippen LogP contribution is 2.33. The average Bonchev–Trinajstić information content (AvgIpc) is 2.82. The van der Waals surface area contributed by atoms with Gasteiger partial charge in [0.25, 0.3) is 0 Å². The predicted molar refractivity (Wildman–Crippen MR) is 87.3 cm³/mol. The number of nitrogens with zero attached hydrogens (tertiary/aromatic N) is 3. The van der Waals surface area contributed by atoms with Crippen molar-refractivity contribution in [2.45, 2.75) is 26.7 Å². The third-order valence-corrected chi connectivity index (χ3v) is 4.25. The Labute approximate surface area is 133 Å². The fourth-order valence-corrected chi connectivity index (χ4v) is 3.32. The molecular formula is C16H15Cl2N3. The monoisotopic (exact) mass is 319 g/mol. The summed E-state index contributed by atoms with van der Waals surface area (Å²) in [5.41, 5.74) is 4.49. The van der Waals surface area contributed by atoms with Gasteiger partial charge >= 0.3 is 0 Å². The van der Waals surface area contributed by atoms with E-state index in [1.54, 1.807) is 10.7 Å². The molecule has 1 aromatic carbocycles. The van der Waals surface area contributed by atoms with Crippen LogP contribution >= 0.6 is 23.2 Å². The SMILES string of the molecule is Cc1nc2c(-c3ccccc3Cl)cnn2c(Cl)c1C(C)C. The first-order valence-electron chi connectivity index (χ1n) is 6.79. The maximum absolute atomic E-state index is 6.51. The molecule has 2 heterocycles. The van der Waals surface area contributed by atoms with Gasteiger partial charge < -0.3 is 0 Å². The van der Waals surface area contributed by atoms with Crippen molar-refractivity contribution >= 4 is 28.8 Å². The molecule has 0 bridgehead atoms. The molecule has 0 saturated heterocycles. The van der Waals surface area contributed by atoms with Crippen LogP contribution in [0.25, 0.3) is 16.8 Å². The van der Waals surface area contributed by atoms with Crippen LogP contribution in [0.4, 0.5) is 0 Å². The smallest absolute Gasteiger partial charge is 0.164 e. The third kappa shape index (κ3) is 2.30. The summed E-state index contributed by atoms with van der Waals surface area (Å²) >= 11 is 12.8. The average molecular weight is 320 g/mol. The van der Waals surface area contributed by atoms with E-state index in [2.05, 4.69) is 18.9 Å². The molecule has 5 heteroatoms. The van der Waals surface area contributed by atoms with E-state index in [9.17, 15) is 0 Å². The van der Waals surface area contributed by atoms with Crippen molar-refractivity contribution in [1.29, 1.82) is 0 Å². The van der Waals surface area contributed by atoms with Crippen molar-refractivity contribution in [3.63, 3.8) is 0 Å². The fourth-order valence-electron chi connectivity index (χ4n) is 2.60. The molecular weight excluding hydrogens is 305 g/mol. The Morgan fingerprint density at radius 1 is 1.10 bits per heavy atom. The van der Waals surface area contributed by atoms with E-state index in [0.29, 0.717) is 16.1 Å². The standard InChI is InChI=1S/C16H15Cl2N3/c1-9(2)14-10(3)20-16-12(8-19-21(16)15(14)18)11-6-4-5-7-13(11)17/h4-9H,1-3H3. The van der Waals surface area contributed by atoms with Crippen molar-refractivity contribution in [1.82, 2.24) is 14.6 Å². The summed E-state index contributed by atoms with van der Waals surface area (Å²) in [5, 5.41) is 5.68. The predicted octanol–water partition coefficient (Wildman–Crippen LogP) is 5.13. The summed E-state index contributed by atoms with van der Waals surface area (Å²) in [7, 11) is 0. The van der Waals surface area contributed by atoms with E-state index < -0.39 is 0 Å². The lowest BCUT2D eigenvalue weighted by molar-refractivity contribution is 0.807. The fraction of sp³-hybridized carbons (Fsp3) is 0.250. The summed E-state index contributed by atoms with van der Waals surface area (Å²) in [4.78, 5) is 4.69. The maximum Gasteiger partial charge on any atom is 0.164 e. The number of halogens is 2. The first kappa shape index (κ1) is 14.4. The van der Waals surface area contributed by atoms with Crippen molar-refractivity contribution < 1.29 is 0 Å². The van der Waals surface area contributed by atoms with Crippen LogP contribution in [0.5, 0.6) is 0 Å². The van der Waals surface area contributed by atoms with Crippen LogP contribution < -0.4 is 0 Å². The molecule has 3 nitrogen and oxygen atoms in total. The quantitative estimate of drug-likeness (QED) is 0.612. The van der Waals surface area contributed by atoms with Crippen LogP contribution in [0.2, 0.25) is 10.2 Å². The van der Waals surface area contributed by atoms with Gasteiger partial charge in [-0.3, -0.25) is 0 Å². The number of hydrogen-bond donors (Lipinski definition) is 0. The molecule has 3 aromatic rings. The Morgan fingerprint density at radius 3 is 2.48 bits per heavy atom. The number of rotatable bonds is 2. The minimum Gasteiger partial charge on any atom is -0.233 e. The zero-order chi connectivity index (χ0) is 15.1. The van der Waals surface area contributed by atoms with Crippen LogP contribution in [0.3, 0.4) is 0 Å². The molecule has 0 fully saturated rings. The van der Waals surface area contributed by atoms with E-state index in [0.717, 1.165) is 28.0 Å². The second-order valence-electron chi connectivity index (χ2n) is 5.33. The highest BCUT2D eigenvalue weighted by atomic mass is 35.5. The molecule has 0 atom stereocenters. The van der Waals surface area contributed by atoms with Gasteiger partial charge in [-0.15, -0.1) is 0 Å². The largest absolute Gasteiger partial charge is 0.233 e. The van der Waals surface area contributed by atoms with Gasteiger partial charge in [0.1, 0.15) is 5.15 Å². The minimum absolute atomic E-state index is 0.294. The van der Waals surface area contributed by atoms with Crippen LogP contribution in [-0.2, 0) is 0 Å². The molecule has 0 spiro atoms. The van der Waals surface area contributed by atoms with Crippen LogP contribution in [0, 0.1) is 6.92 Å². The van der Waals surface area contributed by atoms with Crippen molar-refractivity contribution in [2.24, 2.45) is 0 Å². The van der Waals surface area contributed by atoms with E-state index in [4.69, 9.17) is 28.2 Å². The second-order valence-corrected chi connectivity index (χ2v) is 6.10. The molecule has 0 radical (unpaired) electrons. The molecule has 108 valence electrons. The summed E-state index contributed by atoms with van der Waals surface area (Å²) in [6.45, 7) is 6.17. The number of aromatic nitrogens is 3. The van der Waals surface area contributed by atoms with Gasteiger partial charge in [0.2, 0.25) is 0 Å². The van der Waals surface area contributed by atoms with Gasteiger partial charge in [-0.05, 0) is 18.9 Å². The van der Waals surface area contributed by atoms with Crippen molar-refractivity contribution in [3.8, 4) is 11.1 Å². The van der Waals surface area contributed by atoms with Crippen LogP contribution in [0.15, 0.2) is 30.5 Å². The molecule has 21 heavy (non-hydrogen) atoms. The van der Waals surface area contributed by atoms with Gasteiger partial charge in [-0.25, -0.2) is 9.50 Å². The first-order chi connectivity index (χ1) is 10.0.